The summed E-state index contributed by atoms with van der Waals surface area (Å²) in [5.74, 6) is 5.43. The van der Waals surface area contributed by atoms with Gasteiger partial charge in [0, 0.05) is 24.0 Å². The van der Waals surface area contributed by atoms with Gasteiger partial charge in [-0.2, -0.15) is 0 Å². The predicted molar refractivity (Wildman–Crippen MR) is 82.2 cm³/mol. The molecule has 0 aliphatic carbocycles. The molecule has 2 unspecified atom stereocenters. The van der Waals surface area contributed by atoms with Gasteiger partial charge in [0.1, 0.15) is 0 Å². The van der Waals surface area contributed by atoms with Crippen molar-refractivity contribution in [1.82, 2.24) is 0 Å². The van der Waals surface area contributed by atoms with Crippen LogP contribution in [0, 0.1) is 11.8 Å². The van der Waals surface area contributed by atoms with E-state index >= 15 is 0 Å². The topological polar surface area (TPSA) is 35.5 Å². The molecule has 1 fully saturated rings. The molecule has 0 aromatic heterocycles. The average molecular weight is 307 g/mol. The Morgan fingerprint density at radius 2 is 2.19 bits per heavy atom. The van der Waals surface area contributed by atoms with Gasteiger partial charge in [-0.05, 0) is 42.9 Å². The second-order valence-corrected chi connectivity index (χ2v) is 5.46. The van der Waals surface area contributed by atoms with Crippen molar-refractivity contribution in [2.24, 2.45) is 0 Å². The van der Waals surface area contributed by atoms with Crippen LogP contribution in [-0.4, -0.2) is 25.8 Å². The second kappa shape index (κ2) is 8.84. The van der Waals surface area contributed by atoms with Crippen LogP contribution in [0.25, 0.3) is 0 Å². The van der Waals surface area contributed by atoms with Gasteiger partial charge >= 0.3 is 0 Å². The van der Waals surface area contributed by atoms with E-state index in [-0.39, 0.29) is 12.2 Å². The molecule has 2 atom stereocenters. The summed E-state index contributed by atoms with van der Waals surface area (Å²) in [6.45, 7) is 1.29. The Bertz CT molecular complexity index is 495. The normalized spacial score (nSPS) is 19.4. The molecule has 0 amide bonds. The lowest BCUT2D eigenvalue weighted by atomic mass is 9.97. The van der Waals surface area contributed by atoms with Gasteiger partial charge in [-0.25, -0.2) is 0 Å². The summed E-state index contributed by atoms with van der Waals surface area (Å²) in [5, 5.41) is 0.702. The van der Waals surface area contributed by atoms with Crippen LogP contribution in [0.5, 0.6) is 0 Å². The van der Waals surface area contributed by atoms with Gasteiger partial charge in [0.25, 0.3) is 0 Å². The third-order valence-corrected chi connectivity index (χ3v) is 3.72. The number of hydrogen-bond donors (Lipinski definition) is 0. The van der Waals surface area contributed by atoms with Crippen LogP contribution in [0.1, 0.15) is 37.2 Å². The molecular formula is C17H19ClO3. The van der Waals surface area contributed by atoms with E-state index in [0.717, 1.165) is 31.4 Å². The summed E-state index contributed by atoms with van der Waals surface area (Å²) < 4.78 is 11.4. The number of hydrogen-bond acceptors (Lipinski definition) is 3. The molecule has 1 saturated heterocycles. The number of halogens is 1. The number of benzene rings is 1. The highest BCUT2D eigenvalue weighted by molar-refractivity contribution is 6.30. The minimum Gasteiger partial charge on any atom is -0.353 e. The molecule has 0 bridgehead atoms. The van der Waals surface area contributed by atoms with Crippen molar-refractivity contribution in [1.29, 1.82) is 0 Å². The summed E-state index contributed by atoms with van der Waals surface area (Å²) in [6.07, 6.45) is 4.25. The lowest BCUT2D eigenvalue weighted by molar-refractivity contribution is -0.164. The summed E-state index contributed by atoms with van der Waals surface area (Å²) >= 11 is 5.92. The molecule has 0 N–H and O–H groups in total. The molecule has 1 aromatic rings. The van der Waals surface area contributed by atoms with Crippen LogP contribution in [0.15, 0.2) is 24.3 Å². The minimum atomic E-state index is -0.118. The zero-order valence-electron chi connectivity index (χ0n) is 11.9. The zero-order chi connectivity index (χ0) is 14.9. The van der Waals surface area contributed by atoms with Crippen LogP contribution in [0.4, 0.5) is 0 Å². The highest BCUT2D eigenvalue weighted by Crippen LogP contribution is 2.24. The van der Waals surface area contributed by atoms with Gasteiger partial charge in [-0.15, -0.1) is 0 Å². The first-order valence-corrected chi connectivity index (χ1v) is 7.58. The van der Waals surface area contributed by atoms with Gasteiger partial charge in [-0.3, -0.25) is 4.79 Å². The third kappa shape index (κ3) is 5.51. The van der Waals surface area contributed by atoms with Crippen LogP contribution in [0.2, 0.25) is 5.02 Å². The van der Waals surface area contributed by atoms with Crippen LogP contribution in [0.3, 0.4) is 0 Å². The number of ether oxygens (including phenoxy) is 2. The third-order valence-electron chi connectivity index (χ3n) is 3.47. The van der Waals surface area contributed by atoms with Gasteiger partial charge in [-0.1, -0.05) is 29.7 Å². The Morgan fingerprint density at radius 1 is 1.38 bits per heavy atom. The van der Waals surface area contributed by atoms with Crippen LogP contribution < -0.4 is 0 Å². The molecule has 2 rings (SSSR count). The Morgan fingerprint density at radius 3 is 2.86 bits per heavy atom. The summed E-state index contributed by atoms with van der Waals surface area (Å²) in [4.78, 5) is 10.3. The van der Waals surface area contributed by atoms with Gasteiger partial charge < -0.3 is 9.47 Å². The lowest BCUT2D eigenvalue weighted by Gasteiger charge is -2.25. The lowest BCUT2D eigenvalue weighted by Crippen LogP contribution is -2.24. The molecule has 0 spiro atoms. The van der Waals surface area contributed by atoms with E-state index in [0.29, 0.717) is 24.3 Å². The molecule has 0 radical (unpaired) electrons. The van der Waals surface area contributed by atoms with Crippen molar-refractivity contribution in [3.05, 3.63) is 34.9 Å². The van der Waals surface area contributed by atoms with Crippen LogP contribution in [-0.2, 0) is 14.3 Å². The molecule has 21 heavy (non-hydrogen) atoms. The van der Waals surface area contributed by atoms with Crippen molar-refractivity contribution in [3.63, 3.8) is 0 Å². The maximum Gasteiger partial charge on any atom is 0.192 e. The SMILES string of the molecule is O=CC#CCC(COC1CCCCO1)c1ccc(Cl)cc1. The standard InChI is InChI=1S/C17H19ClO3/c18-16-9-7-14(8-10-16)15(5-1-3-11-19)13-21-17-6-2-4-12-20-17/h7-11,15,17H,2,4-6,12-13H2. The quantitative estimate of drug-likeness (QED) is 0.616. The highest BCUT2D eigenvalue weighted by Gasteiger charge is 2.17. The molecule has 1 heterocycles. The number of aldehydes is 1. The minimum absolute atomic E-state index is 0.111. The van der Waals surface area contributed by atoms with Crippen molar-refractivity contribution >= 4 is 17.9 Å². The number of rotatable bonds is 5. The molecule has 112 valence electrons. The molecule has 3 nitrogen and oxygen atoms in total. The zero-order valence-corrected chi connectivity index (χ0v) is 12.6. The summed E-state index contributed by atoms with van der Waals surface area (Å²) in [7, 11) is 0. The fourth-order valence-electron chi connectivity index (χ4n) is 2.30. The Kier molecular flexibility index (Phi) is 6.75. The van der Waals surface area contributed by atoms with E-state index in [2.05, 4.69) is 11.8 Å². The van der Waals surface area contributed by atoms with Crippen LogP contribution >= 0.6 is 11.6 Å². The predicted octanol–water partition coefficient (Wildman–Crippen LogP) is 3.56. The fourth-order valence-corrected chi connectivity index (χ4v) is 2.42. The monoisotopic (exact) mass is 306 g/mol. The van der Waals surface area contributed by atoms with Crippen molar-refractivity contribution < 1.29 is 14.3 Å². The molecule has 1 aromatic carbocycles. The first-order valence-electron chi connectivity index (χ1n) is 7.20. The molecule has 0 saturated carbocycles. The van der Waals surface area contributed by atoms with E-state index in [9.17, 15) is 4.79 Å². The fraction of sp³-hybridized carbons (Fsp3) is 0.471. The highest BCUT2D eigenvalue weighted by atomic mass is 35.5. The molecule has 1 aliphatic rings. The van der Waals surface area contributed by atoms with Gasteiger partial charge in [0.05, 0.1) is 6.61 Å². The summed E-state index contributed by atoms with van der Waals surface area (Å²) in [6, 6.07) is 7.66. The van der Waals surface area contributed by atoms with Crippen molar-refractivity contribution in [2.45, 2.75) is 37.9 Å². The van der Waals surface area contributed by atoms with Crippen molar-refractivity contribution in [3.8, 4) is 11.8 Å². The Labute approximate surface area is 130 Å². The van der Waals surface area contributed by atoms with Crippen molar-refractivity contribution in [2.75, 3.05) is 13.2 Å². The number of carbonyl (C=O) groups is 1. The van der Waals surface area contributed by atoms with Gasteiger partial charge in [0.2, 0.25) is 0 Å². The number of carbonyl (C=O) groups excluding carboxylic acids is 1. The van der Waals surface area contributed by atoms with E-state index < -0.39 is 0 Å². The van der Waals surface area contributed by atoms with Gasteiger partial charge in [0.15, 0.2) is 12.6 Å². The second-order valence-electron chi connectivity index (χ2n) is 5.02. The van der Waals surface area contributed by atoms with E-state index in [1.165, 1.54) is 0 Å². The summed E-state index contributed by atoms with van der Waals surface area (Å²) in [5.41, 5.74) is 1.11. The molecular weight excluding hydrogens is 288 g/mol. The Hall–Kier alpha value is -1.34. The molecule has 4 heteroatoms. The van der Waals surface area contributed by atoms with E-state index in [1.54, 1.807) is 0 Å². The maximum absolute atomic E-state index is 10.3. The average Bonchev–Trinajstić information content (AvgIpc) is 2.53. The first kappa shape index (κ1) is 16.0. The first-order chi connectivity index (χ1) is 10.3. The Balaban J connectivity index is 1.97. The smallest absolute Gasteiger partial charge is 0.192 e. The largest absolute Gasteiger partial charge is 0.353 e. The van der Waals surface area contributed by atoms with E-state index in [1.807, 2.05) is 24.3 Å². The molecule has 1 aliphatic heterocycles. The maximum atomic E-state index is 10.3. The van der Waals surface area contributed by atoms with E-state index in [4.69, 9.17) is 21.1 Å².